The first kappa shape index (κ1) is 18.3. The van der Waals surface area contributed by atoms with Crippen LogP contribution in [0.1, 0.15) is 15.9 Å². The number of furan rings is 1. The van der Waals surface area contributed by atoms with Crippen molar-refractivity contribution < 1.29 is 19.1 Å². The molecule has 29 heavy (non-hydrogen) atoms. The summed E-state index contributed by atoms with van der Waals surface area (Å²) in [7, 11) is 3.29. The van der Waals surface area contributed by atoms with E-state index in [1.807, 2.05) is 43.6 Å². The highest BCUT2D eigenvalue weighted by atomic mass is 16.5. The van der Waals surface area contributed by atoms with Crippen LogP contribution in [0.4, 0.5) is 5.69 Å². The number of anilines is 1. The van der Waals surface area contributed by atoms with Crippen LogP contribution in [-0.2, 0) is 7.05 Å². The Morgan fingerprint density at radius 1 is 1.28 bits per heavy atom. The number of ether oxygens (including phenoxy) is 1. The number of hydrogen-bond acceptors (Lipinski definition) is 6. The van der Waals surface area contributed by atoms with Crippen LogP contribution in [0.2, 0.25) is 0 Å². The number of carbonyl (C=O) groups is 1. The number of para-hydroxylation sites is 1. The second-order valence-corrected chi connectivity index (χ2v) is 6.35. The molecule has 0 unspecified atom stereocenters. The molecule has 0 aliphatic carbocycles. The lowest BCUT2D eigenvalue weighted by atomic mass is 10.2. The number of carboxylic acids is 1. The van der Waals surface area contributed by atoms with Gasteiger partial charge in [0.2, 0.25) is 0 Å². The first-order chi connectivity index (χ1) is 14.0. The molecule has 2 heterocycles. The number of nitrogens with one attached hydrogen (secondary N) is 1. The maximum atomic E-state index is 11.1. The van der Waals surface area contributed by atoms with Gasteiger partial charge in [-0.1, -0.05) is 18.2 Å². The molecule has 0 bridgehead atoms. The average Bonchev–Trinajstić information content (AvgIpc) is 3.31. The largest absolute Gasteiger partial charge is 0.494 e. The van der Waals surface area contributed by atoms with Crippen LogP contribution in [0.5, 0.6) is 5.75 Å². The van der Waals surface area contributed by atoms with E-state index in [9.17, 15) is 4.79 Å². The van der Waals surface area contributed by atoms with Gasteiger partial charge in [-0.25, -0.2) is 4.79 Å². The molecular weight excluding hydrogens is 372 g/mol. The molecule has 0 amide bonds. The predicted molar refractivity (Wildman–Crippen MR) is 110 cm³/mol. The van der Waals surface area contributed by atoms with Crippen LogP contribution in [0.25, 0.3) is 22.4 Å². The number of rotatable bonds is 6. The molecule has 0 atom stereocenters. The Morgan fingerprint density at radius 2 is 2.10 bits per heavy atom. The number of aromatic nitrogens is 2. The first-order valence-corrected chi connectivity index (χ1v) is 8.78. The average molecular weight is 390 g/mol. The van der Waals surface area contributed by atoms with Crippen molar-refractivity contribution in [1.82, 2.24) is 9.78 Å². The zero-order chi connectivity index (χ0) is 20.4. The zero-order valence-corrected chi connectivity index (χ0v) is 15.8. The third-order valence-electron chi connectivity index (χ3n) is 4.35. The van der Waals surface area contributed by atoms with E-state index >= 15 is 0 Å². The Hall–Kier alpha value is -4.07. The van der Waals surface area contributed by atoms with Crippen molar-refractivity contribution in [1.29, 1.82) is 0 Å². The Kier molecular flexibility index (Phi) is 4.74. The van der Waals surface area contributed by atoms with E-state index in [-0.39, 0.29) is 5.56 Å². The Bertz CT molecular complexity index is 1190. The monoisotopic (exact) mass is 390 g/mol. The van der Waals surface area contributed by atoms with Gasteiger partial charge in [-0.15, -0.1) is 0 Å². The summed E-state index contributed by atoms with van der Waals surface area (Å²) in [5.74, 6) is 0.00609. The third kappa shape index (κ3) is 3.68. The zero-order valence-electron chi connectivity index (χ0n) is 15.8. The lowest BCUT2D eigenvalue weighted by Gasteiger charge is -2.08. The predicted octanol–water partition coefficient (Wildman–Crippen LogP) is 3.99. The number of carboxylic acid groups (broad SMARTS) is 1. The number of aromatic carboxylic acids is 1. The number of hydrazone groups is 1. The van der Waals surface area contributed by atoms with Crippen molar-refractivity contribution in [3.63, 3.8) is 0 Å². The summed E-state index contributed by atoms with van der Waals surface area (Å²) in [6.45, 7) is 0. The summed E-state index contributed by atoms with van der Waals surface area (Å²) in [6.07, 6.45) is 3.46. The summed E-state index contributed by atoms with van der Waals surface area (Å²) in [5.41, 5.74) is 5.78. The minimum atomic E-state index is -1.02. The highest BCUT2D eigenvalue weighted by Crippen LogP contribution is 2.29. The molecule has 0 aliphatic heterocycles. The molecule has 4 rings (SSSR count). The van der Waals surface area contributed by atoms with Gasteiger partial charge in [0.15, 0.2) is 5.76 Å². The second-order valence-electron chi connectivity index (χ2n) is 6.35. The third-order valence-corrected chi connectivity index (χ3v) is 4.35. The molecule has 0 fully saturated rings. The van der Waals surface area contributed by atoms with Crippen LogP contribution >= 0.6 is 0 Å². The molecule has 2 N–H and O–H groups in total. The SMILES string of the molecule is COc1cc(C(=O)O)ccc1NN=Cc1cn(C)nc1-c1cc2ccccc2o1. The van der Waals surface area contributed by atoms with Crippen LogP contribution in [0, 0.1) is 0 Å². The normalized spacial score (nSPS) is 11.2. The molecule has 0 radical (unpaired) electrons. The molecule has 4 aromatic rings. The van der Waals surface area contributed by atoms with Crippen LogP contribution in [-0.4, -0.2) is 34.2 Å². The summed E-state index contributed by atoms with van der Waals surface area (Å²) in [4.78, 5) is 11.1. The topological polar surface area (TPSA) is 102 Å². The van der Waals surface area contributed by atoms with Crippen molar-refractivity contribution in [2.45, 2.75) is 0 Å². The highest BCUT2D eigenvalue weighted by molar-refractivity contribution is 5.91. The summed E-state index contributed by atoms with van der Waals surface area (Å²) >= 11 is 0. The van der Waals surface area contributed by atoms with Gasteiger partial charge < -0.3 is 14.3 Å². The van der Waals surface area contributed by atoms with Crippen LogP contribution < -0.4 is 10.2 Å². The fourth-order valence-electron chi connectivity index (χ4n) is 2.98. The van der Waals surface area contributed by atoms with E-state index in [2.05, 4.69) is 15.6 Å². The second kappa shape index (κ2) is 7.51. The highest BCUT2D eigenvalue weighted by Gasteiger charge is 2.14. The van der Waals surface area contributed by atoms with Gasteiger partial charge in [0.05, 0.1) is 24.6 Å². The van der Waals surface area contributed by atoms with Gasteiger partial charge in [-0.2, -0.15) is 10.2 Å². The number of methoxy groups -OCH3 is 1. The molecule has 0 spiro atoms. The number of nitrogens with zero attached hydrogens (tertiary/aromatic N) is 3. The molecule has 8 nitrogen and oxygen atoms in total. The number of benzene rings is 2. The van der Waals surface area contributed by atoms with E-state index < -0.39 is 5.97 Å². The van der Waals surface area contributed by atoms with Gasteiger partial charge in [-0.05, 0) is 30.3 Å². The van der Waals surface area contributed by atoms with E-state index in [1.54, 1.807) is 17.0 Å². The Morgan fingerprint density at radius 3 is 2.86 bits per heavy atom. The Labute approximate surface area is 166 Å². The van der Waals surface area contributed by atoms with Crippen molar-refractivity contribution in [3.8, 4) is 17.2 Å². The number of aryl methyl sites for hydroxylation is 1. The van der Waals surface area contributed by atoms with Gasteiger partial charge >= 0.3 is 5.97 Å². The quantitative estimate of drug-likeness (QED) is 0.381. The van der Waals surface area contributed by atoms with Crippen molar-refractivity contribution >= 4 is 28.8 Å². The van der Waals surface area contributed by atoms with Gasteiger partial charge in [0, 0.05) is 24.2 Å². The molecule has 146 valence electrons. The van der Waals surface area contributed by atoms with E-state index in [0.717, 1.165) is 16.5 Å². The lowest BCUT2D eigenvalue weighted by molar-refractivity contribution is 0.0696. The van der Waals surface area contributed by atoms with Crippen LogP contribution in [0.15, 0.2) is 64.2 Å². The summed E-state index contributed by atoms with van der Waals surface area (Å²) in [5, 5.41) is 18.8. The van der Waals surface area contributed by atoms with Gasteiger partial charge in [-0.3, -0.25) is 10.1 Å². The van der Waals surface area contributed by atoms with Gasteiger partial charge in [0.25, 0.3) is 0 Å². The lowest BCUT2D eigenvalue weighted by Crippen LogP contribution is -2.00. The molecule has 2 aromatic carbocycles. The molecular formula is C21H18N4O4. The Balaban J connectivity index is 1.61. The standard InChI is InChI=1S/C21H18N4O4/c1-25-12-15(20(24-25)19-9-13-5-3-4-6-17(13)29-19)11-22-23-16-8-7-14(21(26)27)10-18(16)28-2/h3-12,23H,1-2H3,(H,26,27). The number of fused-ring (bicyclic) bond motifs is 1. The summed E-state index contributed by atoms with van der Waals surface area (Å²) < 4.78 is 12.8. The first-order valence-electron chi connectivity index (χ1n) is 8.78. The minimum absolute atomic E-state index is 0.135. The van der Waals surface area contributed by atoms with E-state index in [1.165, 1.54) is 19.2 Å². The molecule has 8 heteroatoms. The van der Waals surface area contributed by atoms with Gasteiger partial charge in [0.1, 0.15) is 17.0 Å². The van der Waals surface area contributed by atoms with Crippen molar-refractivity contribution in [2.75, 3.05) is 12.5 Å². The molecule has 0 saturated heterocycles. The number of hydrogen-bond donors (Lipinski definition) is 2. The maximum absolute atomic E-state index is 11.1. The van der Waals surface area contributed by atoms with Crippen molar-refractivity contribution in [2.24, 2.45) is 12.1 Å². The summed E-state index contributed by atoms with van der Waals surface area (Å²) in [6, 6.07) is 14.2. The smallest absolute Gasteiger partial charge is 0.335 e. The molecule has 0 aliphatic rings. The minimum Gasteiger partial charge on any atom is -0.494 e. The molecule has 0 saturated carbocycles. The van der Waals surface area contributed by atoms with E-state index in [4.69, 9.17) is 14.3 Å². The van der Waals surface area contributed by atoms with Crippen LogP contribution in [0.3, 0.4) is 0 Å². The maximum Gasteiger partial charge on any atom is 0.335 e. The van der Waals surface area contributed by atoms with E-state index in [0.29, 0.717) is 22.9 Å². The fraction of sp³-hybridized carbons (Fsp3) is 0.0952. The van der Waals surface area contributed by atoms with Crippen molar-refractivity contribution in [3.05, 3.63) is 65.9 Å². The molecule has 2 aromatic heterocycles. The fourth-order valence-corrected chi connectivity index (χ4v) is 2.98.